The summed E-state index contributed by atoms with van der Waals surface area (Å²) in [5.41, 5.74) is 2.63. The zero-order chi connectivity index (χ0) is 14.9. The molecule has 1 unspecified atom stereocenters. The van der Waals surface area contributed by atoms with Crippen molar-refractivity contribution < 1.29 is 28.0 Å². The average molecular weight is 323 g/mol. The molecule has 0 aromatic heterocycles. The second-order valence-electron chi connectivity index (χ2n) is 4.36. The molecule has 1 aliphatic heterocycles. The lowest BCUT2D eigenvalue weighted by atomic mass is 10.1. The Kier molecular flexibility index (Phi) is 3.95. The third-order valence-electron chi connectivity index (χ3n) is 2.94. The zero-order valence-corrected chi connectivity index (χ0v) is 12.3. The highest BCUT2D eigenvalue weighted by Crippen LogP contribution is 2.41. The van der Waals surface area contributed by atoms with Gasteiger partial charge < -0.3 is 0 Å². The monoisotopic (exact) mass is 322 g/mol. The van der Waals surface area contributed by atoms with E-state index in [-0.39, 0.29) is 0 Å². The zero-order valence-electron chi connectivity index (χ0n) is 10.8. The molecule has 108 valence electrons. The summed E-state index contributed by atoms with van der Waals surface area (Å²) in [5.74, 6) is 0. The lowest BCUT2D eigenvalue weighted by Gasteiger charge is -2.19. The van der Waals surface area contributed by atoms with Gasteiger partial charge in [0.1, 0.15) is 14.5 Å². The van der Waals surface area contributed by atoms with Crippen molar-refractivity contribution in [2.75, 3.05) is 0 Å². The molecular weight excluding hydrogens is 312 g/mol. The Morgan fingerprint density at radius 3 is 2.10 bits per heavy atom. The van der Waals surface area contributed by atoms with Crippen molar-refractivity contribution >= 4 is 27.1 Å². The summed E-state index contributed by atoms with van der Waals surface area (Å²) >= 11 is 0. The fraction of sp³-hybridized carbons (Fsp3) is 0. The van der Waals surface area contributed by atoms with Crippen LogP contribution in [0.3, 0.4) is 0 Å². The van der Waals surface area contributed by atoms with E-state index < -0.39 is 21.0 Å². The molecule has 0 spiro atoms. The fourth-order valence-electron chi connectivity index (χ4n) is 2.06. The van der Waals surface area contributed by atoms with Crippen LogP contribution in [0.25, 0.3) is 11.0 Å². The van der Waals surface area contributed by atoms with Gasteiger partial charge in [0.2, 0.25) is 0 Å². The Morgan fingerprint density at radius 2 is 1.43 bits per heavy atom. The Hall–Kier alpha value is -1.47. The minimum atomic E-state index is -4.49. The molecule has 6 heteroatoms. The second-order valence-corrected chi connectivity index (χ2v) is 6.89. The molecule has 1 heterocycles. The Balaban J connectivity index is 2.11. The smallest absolute Gasteiger partial charge is 0.141 e. The summed E-state index contributed by atoms with van der Waals surface area (Å²) in [4.78, 5) is 0.668. The highest BCUT2D eigenvalue weighted by Gasteiger charge is 2.28. The molecule has 1 aliphatic rings. The van der Waals surface area contributed by atoms with Gasteiger partial charge in [-0.2, -0.15) is 14.0 Å². The van der Waals surface area contributed by atoms with Crippen molar-refractivity contribution in [1.82, 2.24) is 0 Å². The lowest BCUT2D eigenvalue weighted by Crippen LogP contribution is -2.60. The predicted octanol–water partition coefficient (Wildman–Crippen LogP) is 0.446. The van der Waals surface area contributed by atoms with Crippen LogP contribution in [0.5, 0.6) is 0 Å². The van der Waals surface area contributed by atoms with E-state index in [4.69, 9.17) is 3.74 Å². The van der Waals surface area contributed by atoms with Crippen molar-refractivity contribution in [3.8, 4) is 0 Å². The minimum Gasteiger partial charge on any atom is -0.182 e. The molecule has 4 nitrogen and oxygen atoms in total. The number of fused-ring (bicyclic) bond motifs is 1. The van der Waals surface area contributed by atoms with Gasteiger partial charge in [-0.05, 0) is 22.8 Å². The summed E-state index contributed by atoms with van der Waals surface area (Å²) < 4.78 is 37.5. The van der Waals surface area contributed by atoms with Gasteiger partial charge in [0.05, 0.1) is 15.1 Å². The van der Waals surface area contributed by atoms with E-state index in [9.17, 15) is 14.0 Å². The van der Waals surface area contributed by atoms with Crippen molar-refractivity contribution in [3.63, 3.8) is 0 Å². The van der Waals surface area contributed by atoms with Gasteiger partial charge in [-0.3, -0.25) is 0 Å². The van der Waals surface area contributed by atoms with E-state index in [2.05, 4.69) is 0 Å². The van der Waals surface area contributed by atoms with E-state index in [0.717, 1.165) is 16.7 Å². The first kappa shape index (κ1) is 14.5. The molecule has 2 aromatic rings. The molecule has 1 atom stereocenters. The van der Waals surface area contributed by atoms with Crippen LogP contribution >= 0.6 is 10.8 Å². The molecule has 0 saturated carbocycles. The van der Waals surface area contributed by atoms with Crippen LogP contribution in [0.2, 0.25) is 0 Å². The molecule has 3 rings (SSSR count). The molecule has 0 amide bonds. The molecule has 21 heavy (non-hydrogen) atoms. The minimum absolute atomic E-state index is 0.668. The summed E-state index contributed by atoms with van der Waals surface area (Å²) in [7, 11) is -5.73. The van der Waals surface area contributed by atoms with Gasteiger partial charge in [-0.25, -0.2) is 0 Å². The molecule has 0 N–H and O–H groups in total. The molecule has 2 aromatic carbocycles. The van der Waals surface area contributed by atoms with E-state index in [0.29, 0.717) is 4.91 Å². The molecular formula is C15H11ClO4S. The van der Waals surface area contributed by atoms with E-state index in [1.54, 1.807) is 5.37 Å². The number of hydrogen-bond acceptors (Lipinski definition) is 4. The number of hydrogen-bond donors (Lipinski definition) is 0. The van der Waals surface area contributed by atoms with Gasteiger partial charge >= 0.3 is 0 Å². The maximum absolute atomic E-state index is 10.9. The van der Waals surface area contributed by atoms with Gasteiger partial charge in [-0.15, -0.1) is 0 Å². The molecule has 0 aliphatic carbocycles. The van der Waals surface area contributed by atoms with Gasteiger partial charge in [0.15, 0.2) is 0 Å². The fourth-order valence-corrected chi connectivity index (χ4v) is 4.33. The van der Waals surface area contributed by atoms with Crippen LogP contribution in [-0.2, 0) is 3.74 Å². The topological polar surface area (TPSA) is 78.4 Å². The van der Waals surface area contributed by atoms with Gasteiger partial charge in [0.25, 0.3) is 0 Å². The Bertz CT molecular complexity index is 720. The molecule has 0 fully saturated rings. The van der Waals surface area contributed by atoms with Crippen molar-refractivity contribution in [2.24, 2.45) is 0 Å². The van der Waals surface area contributed by atoms with Crippen molar-refractivity contribution in [2.45, 2.75) is 0 Å². The van der Waals surface area contributed by atoms with E-state index in [1.807, 2.05) is 60.7 Å². The molecule has 0 bridgehead atoms. The molecule has 0 saturated heterocycles. The standard InChI is InChI=1S/C15H11ClO4S/c17-16(18,19)20-21-11-14-9-5-4-8-13(14)10-15(21)12-6-2-1-3-7-12/h1-11H. The van der Waals surface area contributed by atoms with Crippen LogP contribution in [0.4, 0.5) is 0 Å². The lowest BCUT2D eigenvalue weighted by molar-refractivity contribution is -1.91. The van der Waals surface area contributed by atoms with Crippen LogP contribution in [0.1, 0.15) is 16.7 Å². The second kappa shape index (κ2) is 5.73. The normalized spacial score (nSPS) is 17.7. The van der Waals surface area contributed by atoms with Crippen LogP contribution in [0, 0.1) is 10.2 Å². The molecule has 0 radical (unpaired) electrons. The van der Waals surface area contributed by atoms with Crippen LogP contribution in [-0.4, -0.2) is 5.37 Å². The summed E-state index contributed by atoms with van der Waals surface area (Å²) in [6, 6.07) is 16.8. The van der Waals surface area contributed by atoms with Gasteiger partial charge in [0, 0.05) is 5.37 Å². The first-order valence-corrected chi connectivity index (χ1v) is 8.53. The highest BCUT2D eigenvalue weighted by molar-refractivity contribution is 8.19. The summed E-state index contributed by atoms with van der Waals surface area (Å²) in [5, 5.41) is 1.67. The number of benzene rings is 2. The average Bonchev–Trinajstić information content (AvgIpc) is 2.46. The maximum atomic E-state index is 10.9. The van der Waals surface area contributed by atoms with Crippen LogP contribution in [0.15, 0.2) is 54.6 Å². The van der Waals surface area contributed by atoms with Gasteiger partial charge in [-0.1, -0.05) is 54.6 Å². The summed E-state index contributed by atoms with van der Waals surface area (Å²) in [6.45, 7) is 0. The van der Waals surface area contributed by atoms with Crippen molar-refractivity contribution in [3.05, 3.63) is 71.3 Å². The number of rotatable bonds is 3. The first-order chi connectivity index (χ1) is 10.0. The van der Waals surface area contributed by atoms with E-state index in [1.165, 1.54) is 0 Å². The Labute approximate surface area is 126 Å². The van der Waals surface area contributed by atoms with Crippen LogP contribution < -0.4 is 14.0 Å². The third-order valence-corrected chi connectivity index (χ3v) is 5.35. The SMILES string of the molecule is [O-][Cl+3]([O-])([O-])OS1=Cc2ccccc2C=C1c1ccccc1. The number of halogens is 1. The third kappa shape index (κ3) is 3.41. The Morgan fingerprint density at radius 1 is 0.810 bits per heavy atom. The maximum Gasteiger partial charge on any atom is 0.141 e. The largest absolute Gasteiger partial charge is 0.182 e. The highest BCUT2D eigenvalue weighted by atomic mass is 35.7. The van der Waals surface area contributed by atoms with E-state index >= 15 is 0 Å². The summed E-state index contributed by atoms with van der Waals surface area (Å²) in [6.07, 6.45) is 1.86. The first-order valence-electron chi connectivity index (χ1n) is 6.08. The predicted molar refractivity (Wildman–Crippen MR) is 74.6 cm³/mol. The quantitative estimate of drug-likeness (QED) is 0.768. The van der Waals surface area contributed by atoms with Crippen molar-refractivity contribution in [1.29, 1.82) is 0 Å².